The van der Waals surface area contributed by atoms with Crippen LogP contribution in [0.25, 0.3) is 0 Å². The van der Waals surface area contributed by atoms with Gasteiger partial charge in [-0.1, -0.05) is 6.92 Å². The van der Waals surface area contributed by atoms with Crippen molar-refractivity contribution in [2.45, 2.75) is 20.4 Å². The standard InChI is InChI=1S/C10H15BrN2O2/c1-6(5-14)3-13-4-8(12)7(2)9(11)10(13)15/h4,6,14H,3,5,12H2,1-2H3. The van der Waals surface area contributed by atoms with Crippen molar-refractivity contribution in [3.05, 3.63) is 26.6 Å². The minimum atomic E-state index is -0.109. The number of nitrogens with zero attached hydrogens (tertiary/aromatic N) is 1. The van der Waals surface area contributed by atoms with Crippen molar-refractivity contribution in [3.8, 4) is 0 Å². The summed E-state index contributed by atoms with van der Waals surface area (Å²) in [6.07, 6.45) is 1.62. The highest BCUT2D eigenvalue weighted by Gasteiger charge is 2.10. The van der Waals surface area contributed by atoms with E-state index in [0.717, 1.165) is 5.56 Å². The average molecular weight is 275 g/mol. The molecule has 84 valence electrons. The molecule has 15 heavy (non-hydrogen) atoms. The fraction of sp³-hybridized carbons (Fsp3) is 0.500. The van der Waals surface area contributed by atoms with Gasteiger partial charge >= 0.3 is 0 Å². The number of rotatable bonds is 3. The fourth-order valence-corrected chi connectivity index (χ4v) is 1.72. The molecule has 0 saturated carbocycles. The molecule has 1 rings (SSSR count). The van der Waals surface area contributed by atoms with E-state index in [9.17, 15) is 4.79 Å². The molecule has 0 radical (unpaired) electrons. The van der Waals surface area contributed by atoms with E-state index >= 15 is 0 Å². The first-order valence-electron chi connectivity index (χ1n) is 4.73. The number of anilines is 1. The number of nitrogen functional groups attached to an aromatic ring is 1. The first-order chi connectivity index (χ1) is 6.97. The molecule has 0 aliphatic carbocycles. The van der Waals surface area contributed by atoms with E-state index in [-0.39, 0.29) is 18.1 Å². The van der Waals surface area contributed by atoms with Crippen LogP contribution in [-0.4, -0.2) is 16.3 Å². The summed E-state index contributed by atoms with van der Waals surface area (Å²) in [6.45, 7) is 4.19. The molecule has 5 heteroatoms. The Kier molecular flexibility index (Phi) is 3.93. The molecule has 0 aliphatic heterocycles. The highest BCUT2D eigenvalue weighted by molar-refractivity contribution is 9.10. The highest BCUT2D eigenvalue weighted by atomic mass is 79.9. The van der Waals surface area contributed by atoms with Crippen LogP contribution in [-0.2, 0) is 6.54 Å². The van der Waals surface area contributed by atoms with Gasteiger partial charge in [0.05, 0.1) is 10.2 Å². The van der Waals surface area contributed by atoms with Crippen molar-refractivity contribution in [1.29, 1.82) is 0 Å². The molecular formula is C10H15BrN2O2. The van der Waals surface area contributed by atoms with Gasteiger partial charge in [-0.2, -0.15) is 0 Å². The molecular weight excluding hydrogens is 260 g/mol. The van der Waals surface area contributed by atoms with Crippen LogP contribution in [0.15, 0.2) is 15.5 Å². The molecule has 0 aliphatic rings. The third-order valence-electron chi connectivity index (χ3n) is 2.33. The van der Waals surface area contributed by atoms with Gasteiger partial charge in [-0.05, 0) is 34.3 Å². The highest BCUT2D eigenvalue weighted by Crippen LogP contribution is 2.17. The van der Waals surface area contributed by atoms with Crippen LogP contribution in [0.1, 0.15) is 12.5 Å². The Bertz CT molecular complexity index is 415. The van der Waals surface area contributed by atoms with Crippen LogP contribution in [0.5, 0.6) is 0 Å². The molecule has 4 nitrogen and oxygen atoms in total. The topological polar surface area (TPSA) is 68.2 Å². The lowest BCUT2D eigenvalue weighted by atomic mass is 10.2. The van der Waals surface area contributed by atoms with E-state index < -0.39 is 0 Å². The number of aliphatic hydroxyl groups is 1. The number of nitrogens with two attached hydrogens (primary N) is 1. The second kappa shape index (κ2) is 4.81. The predicted octanol–water partition coefficient (Wildman–Crippen LogP) is 1.13. The summed E-state index contributed by atoms with van der Waals surface area (Å²) in [5, 5.41) is 8.92. The molecule has 0 spiro atoms. The predicted molar refractivity (Wildman–Crippen MR) is 63.8 cm³/mol. The Labute approximate surface area is 96.8 Å². The van der Waals surface area contributed by atoms with Gasteiger partial charge in [-0.15, -0.1) is 0 Å². The molecule has 0 saturated heterocycles. The zero-order valence-corrected chi connectivity index (χ0v) is 10.4. The number of aromatic nitrogens is 1. The van der Waals surface area contributed by atoms with Crippen molar-refractivity contribution in [2.75, 3.05) is 12.3 Å². The largest absolute Gasteiger partial charge is 0.397 e. The zero-order valence-electron chi connectivity index (χ0n) is 8.83. The SMILES string of the molecule is Cc1c(N)cn(CC(C)CO)c(=O)c1Br. The number of hydrogen-bond acceptors (Lipinski definition) is 3. The molecule has 3 N–H and O–H groups in total. The molecule has 0 amide bonds. The van der Waals surface area contributed by atoms with Crippen molar-refractivity contribution in [3.63, 3.8) is 0 Å². The van der Waals surface area contributed by atoms with Crippen LogP contribution in [0, 0.1) is 12.8 Å². The first-order valence-corrected chi connectivity index (χ1v) is 5.52. The van der Waals surface area contributed by atoms with Crippen molar-refractivity contribution >= 4 is 21.6 Å². The van der Waals surface area contributed by atoms with Crippen molar-refractivity contribution in [1.82, 2.24) is 4.57 Å². The van der Waals surface area contributed by atoms with Crippen LogP contribution in [0.4, 0.5) is 5.69 Å². The maximum Gasteiger partial charge on any atom is 0.265 e. The monoisotopic (exact) mass is 274 g/mol. The molecule has 0 fully saturated rings. The summed E-state index contributed by atoms with van der Waals surface area (Å²) in [5.41, 5.74) is 6.98. The van der Waals surface area contributed by atoms with Gasteiger partial charge in [0, 0.05) is 19.3 Å². The molecule has 1 heterocycles. The van der Waals surface area contributed by atoms with Crippen LogP contribution in [0.2, 0.25) is 0 Å². The van der Waals surface area contributed by atoms with Crippen LogP contribution >= 0.6 is 15.9 Å². The Morgan fingerprint density at radius 3 is 2.80 bits per heavy atom. The van der Waals surface area contributed by atoms with E-state index in [1.54, 1.807) is 13.1 Å². The van der Waals surface area contributed by atoms with E-state index in [2.05, 4.69) is 15.9 Å². The van der Waals surface area contributed by atoms with E-state index in [4.69, 9.17) is 10.8 Å². The summed E-state index contributed by atoms with van der Waals surface area (Å²) in [7, 11) is 0. The number of halogens is 1. The summed E-state index contributed by atoms with van der Waals surface area (Å²) in [5.74, 6) is 0.0386. The molecule has 0 bridgehead atoms. The second-order valence-electron chi connectivity index (χ2n) is 3.77. The third-order valence-corrected chi connectivity index (χ3v) is 3.26. The van der Waals surface area contributed by atoms with Crippen molar-refractivity contribution in [2.24, 2.45) is 5.92 Å². The Hall–Kier alpha value is -0.810. The van der Waals surface area contributed by atoms with Crippen molar-refractivity contribution < 1.29 is 5.11 Å². The van der Waals surface area contributed by atoms with E-state index in [0.29, 0.717) is 16.7 Å². The van der Waals surface area contributed by atoms with Gasteiger partial charge in [0.2, 0.25) is 0 Å². The second-order valence-corrected chi connectivity index (χ2v) is 4.56. The number of hydrogen-bond donors (Lipinski definition) is 2. The summed E-state index contributed by atoms with van der Waals surface area (Å²) in [4.78, 5) is 11.8. The fourth-order valence-electron chi connectivity index (χ4n) is 1.27. The maximum absolute atomic E-state index is 11.8. The first kappa shape index (κ1) is 12.3. The van der Waals surface area contributed by atoms with Crippen LogP contribution in [0.3, 0.4) is 0 Å². The lowest BCUT2D eigenvalue weighted by molar-refractivity contribution is 0.222. The molecule has 1 atom stereocenters. The van der Waals surface area contributed by atoms with E-state index in [1.165, 1.54) is 4.57 Å². The molecule has 1 aromatic rings. The summed E-state index contributed by atoms with van der Waals surface area (Å²) >= 11 is 3.22. The summed E-state index contributed by atoms with van der Waals surface area (Å²) < 4.78 is 2.01. The molecule has 0 aromatic carbocycles. The van der Waals surface area contributed by atoms with Gasteiger partial charge in [0.15, 0.2) is 0 Å². The normalized spacial score (nSPS) is 12.8. The number of pyridine rings is 1. The van der Waals surface area contributed by atoms with Gasteiger partial charge < -0.3 is 15.4 Å². The van der Waals surface area contributed by atoms with Gasteiger partial charge in [-0.25, -0.2) is 0 Å². The van der Waals surface area contributed by atoms with Gasteiger partial charge in [0.1, 0.15) is 0 Å². The lowest BCUT2D eigenvalue weighted by Gasteiger charge is -2.13. The van der Waals surface area contributed by atoms with Crippen LogP contribution < -0.4 is 11.3 Å². The molecule has 1 aromatic heterocycles. The van der Waals surface area contributed by atoms with E-state index in [1.807, 2.05) is 6.92 Å². The average Bonchev–Trinajstić information content (AvgIpc) is 2.22. The Balaban J connectivity index is 3.15. The zero-order chi connectivity index (χ0) is 11.6. The third kappa shape index (κ3) is 2.60. The lowest BCUT2D eigenvalue weighted by Crippen LogP contribution is -2.25. The minimum Gasteiger partial charge on any atom is -0.397 e. The Morgan fingerprint density at radius 1 is 1.67 bits per heavy atom. The van der Waals surface area contributed by atoms with Gasteiger partial charge in [-0.3, -0.25) is 4.79 Å². The minimum absolute atomic E-state index is 0.0386. The maximum atomic E-state index is 11.8. The Morgan fingerprint density at radius 2 is 2.27 bits per heavy atom. The molecule has 1 unspecified atom stereocenters. The van der Waals surface area contributed by atoms with Gasteiger partial charge in [0.25, 0.3) is 5.56 Å². The number of aliphatic hydroxyl groups excluding tert-OH is 1. The summed E-state index contributed by atoms with van der Waals surface area (Å²) in [6, 6.07) is 0. The smallest absolute Gasteiger partial charge is 0.265 e. The quantitative estimate of drug-likeness (QED) is 0.868.